The lowest BCUT2D eigenvalue weighted by atomic mass is 10.1. The highest BCUT2D eigenvalue weighted by Gasteiger charge is 2.13. The van der Waals surface area contributed by atoms with Crippen molar-refractivity contribution in [1.82, 2.24) is 5.32 Å². The molecule has 6 heteroatoms. The monoisotopic (exact) mass is 266 g/mol. The molecule has 0 bridgehead atoms. The standard InChI is InChI=1S/C13H18N2O4/c1-8(2)7-14-13(18)15-11-5-4-9(19-3)6-10(11)12(16)17/h4-6,8H,7H2,1-3H3,(H,16,17)(H2,14,15,18). The summed E-state index contributed by atoms with van der Waals surface area (Å²) in [5.41, 5.74) is 0.216. The Balaban J connectivity index is 2.82. The van der Waals surface area contributed by atoms with Crippen molar-refractivity contribution in [2.24, 2.45) is 5.92 Å². The van der Waals surface area contributed by atoms with Crippen LogP contribution in [0, 0.1) is 5.92 Å². The maximum Gasteiger partial charge on any atom is 0.337 e. The molecule has 0 spiro atoms. The molecule has 0 aliphatic rings. The molecule has 0 saturated heterocycles. The zero-order chi connectivity index (χ0) is 14.4. The number of anilines is 1. The van der Waals surface area contributed by atoms with E-state index in [9.17, 15) is 9.59 Å². The number of nitrogens with one attached hydrogen (secondary N) is 2. The van der Waals surface area contributed by atoms with Crippen LogP contribution < -0.4 is 15.4 Å². The first-order chi connectivity index (χ1) is 8.93. The predicted molar refractivity (Wildman–Crippen MR) is 71.8 cm³/mol. The maximum atomic E-state index is 11.6. The Morgan fingerprint density at radius 2 is 2.05 bits per heavy atom. The van der Waals surface area contributed by atoms with Crippen LogP contribution in [-0.4, -0.2) is 30.8 Å². The first-order valence-corrected chi connectivity index (χ1v) is 5.90. The summed E-state index contributed by atoms with van der Waals surface area (Å²) >= 11 is 0. The number of hydrogen-bond donors (Lipinski definition) is 3. The molecule has 1 aromatic rings. The number of benzene rings is 1. The summed E-state index contributed by atoms with van der Waals surface area (Å²) in [6.07, 6.45) is 0. The zero-order valence-electron chi connectivity index (χ0n) is 11.2. The highest BCUT2D eigenvalue weighted by Crippen LogP contribution is 2.22. The van der Waals surface area contributed by atoms with Gasteiger partial charge < -0.3 is 20.5 Å². The average Bonchev–Trinajstić information content (AvgIpc) is 2.36. The summed E-state index contributed by atoms with van der Waals surface area (Å²) in [6.45, 7) is 4.46. The number of carbonyl (C=O) groups is 2. The third kappa shape index (κ3) is 4.50. The molecule has 0 radical (unpaired) electrons. The molecule has 0 fully saturated rings. The fourth-order valence-corrected chi connectivity index (χ4v) is 1.40. The normalized spacial score (nSPS) is 10.1. The Bertz CT molecular complexity index is 472. The van der Waals surface area contributed by atoms with Gasteiger partial charge in [0.2, 0.25) is 0 Å². The van der Waals surface area contributed by atoms with E-state index in [2.05, 4.69) is 10.6 Å². The van der Waals surface area contributed by atoms with Gasteiger partial charge in [-0.1, -0.05) is 13.8 Å². The summed E-state index contributed by atoms with van der Waals surface area (Å²) in [7, 11) is 1.45. The van der Waals surface area contributed by atoms with Crippen LogP contribution in [0.4, 0.5) is 10.5 Å². The van der Waals surface area contributed by atoms with Crippen LogP contribution in [0.2, 0.25) is 0 Å². The molecule has 104 valence electrons. The van der Waals surface area contributed by atoms with Crippen LogP contribution in [0.1, 0.15) is 24.2 Å². The number of carbonyl (C=O) groups excluding carboxylic acids is 1. The third-order valence-electron chi connectivity index (χ3n) is 2.38. The molecule has 0 aliphatic heterocycles. The molecule has 3 N–H and O–H groups in total. The number of hydrogen-bond acceptors (Lipinski definition) is 3. The first-order valence-electron chi connectivity index (χ1n) is 5.90. The van der Waals surface area contributed by atoms with Crippen LogP contribution in [-0.2, 0) is 0 Å². The smallest absolute Gasteiger partial charge is 0.337 e. The molecule has 2 amide bonds. The predicted octanol–water partition coefficient (Wildman–Crippen LogP) is 2.17. The Morgan fingerprint density at radius 3 is 2.58 bits per heavy atom. The van der Waals surface area contributed by atoms with Crippen molar-refractivity contribution in [2.75, 3.05) is 19.0 Å². The van der Waals surface area contributed by atoms with E-state index in [-0.39, 0.29) is 11.3 Å². The van der Waals surface area contributed by atoms with Crippen LogP contribution in [0.5, 0.6) is 5.75 Å². The van der Waals surface area contributed by atoms with Gasteiger partial charge in [0, 0.05) is 6.54 Å². The second-order valence-electron chi connectivity index (χ2n) is 4.45. The molecule has 6 nitrogen and oxygen atoms in total. The second-order valence-corrected chi connectivity index (χ2v) is 4.45. The molecule has 0 heterocycles. The number of methoxy groups -OCH3 is 1. The Morgan fingerprint density at radius 1 is 1.37 bits per heavy atom. The number of urea groups is 1. The molecular weight excluding hydrogens is 248 g/mol. The van der Waals surface area contributed by atoms with Gasteiger partial charge in [-0.15, -0.1) is 0 Å². The minimum atomic E-state index is -1.13. The van der Waals surface area contributed by atoms with Crippen LogP contribution in [0.3, 0.4) is 0 Å². The van der Waals surface area contributed by atoms with Gasteiger partial charge in [0.25, 0.3) is 0 Å². The Kier molecular flexibility index (Phi) is 5.17. The lowest BCUT2D eigenvalue weighted by Crippen LogP contribution is -2.32. The average molecular weight is 266 g/mol. The Labute approximate surface area is 111 Å². The SMILES string of the molecule is COc1ccc(NC(=O)NCC(C)C)c(C(=O)O)c1. The van der Waals surface area contributed by atoms with Gasteiger partial charge in [-0.25, -0.2) is 9.59 Å². The largest absolute Gasteiger partial charge is 0.497 e. The van der Waals surface area contributed by atoms with E-state index in [1.165, 1.54) is 19.2 Å². The van der Waals surface area contributed by atoms with Crippen LogP contribution in [0.15, 0.2) is 18.2 Å². The van der Waals surface area contributed by atoms with Gasteiger partial charge in [-0.05, 0) is 24.1 Å². The minimum Gasteiger partial charge on any atom is -0.497 e. The van der Waals surface area contributed by atoms with E-state index in [0.29, 0.717) is 18.2 Å². The number of rotatable bonds is 5. The maximum absolute atomic E-state index is 11.6. The van der Waals surface area contributed by atoms with E-state index in [1.807, 2.05) is 13.8 Å². The first kappa shape index (κ1) is 14.8. The van der Waals surface area contributed by atoms with Crippen molar-refractivity contribution in [2.45, 2.75) is 13.8 Å². The topological polar surface area (TPSA) is 87.7 Å². The Hall–Kier alpha value is -2.24. The van der Waals surface area contributed by atoms with Gasteiger partial charge in [0.1, 0.15) is 5.75 Å². The third-order valence-corrected chi connectivity index (χ3v) is 2.38. The van der Waals surface area contributed by atoms with Crippen LogP contribution >= 0.6 is 0 Å². The quantitative estimate of drug-likeness (QED) is 0.762. The molecule has 0 aromatic heterocycles. The molecule has 0 saturated carbocycles. The lowest BCUT2D eigenvalue weighted by molar-refractivity contribution is 0.0697. The second kappa shape index (κ2) is 6.63. The highest BCUT2D eigenvalue weighted by atomic mass is 16.5. The van der Waals surface area contributed by atoms with Crippen molar-refractivity contribution >= 4 is 17.7 Å². The van der Waals surface area contributed by atoms with Gasteiger partial charge in [0.15, 0.2) is 0 Å². The fourth-order valence-electron chi connectivity index (χ4n) is 1.40. The van der Waals surface area contributed by atoms with Crippen LogP contribution in [0.25, 0.3) is 0 Å². The van der Waals surface area contributed by atoms with Crippen molar-refractivity contribution in [3.8, 4) is 5.75 Å². The molecule has 1 rings (SSSR count). The summed E-state index contributed by atoms with van der Waals surface area (Å²) in [5.74, 6) is -0.385. The van der Waals surface area contributed by atoms with Crippen molar-refractivity contribution < 1.29 is 19.4 Å². The number of ether oxygens (including phenoxy) is 1. The van der Waals surface area contributed by atoms with E-state index < -0.39 is 12.0 Å². The summed E-state index contributed by atoms with van der Waals surface area (Å²) < 4.78 is 4.95. The number of carboxylic acid groups (broad SMARTS) is 1. The van der Waals surface area contributed by atoms with Crippen molar-refractivity contribution in [1.29, 1.82) is 0 Å². The minimum absolute atomic E-state index is 0.0148. The number of aromatic carboxylic acids is 1. The number of amides is 2. The molecule has 1 aromatic carbocycles. The van der Waals surface area contributed by atoms with Gasteiger partial charge in [-0.3, -0.25) is 0 Å². The van der Waals surface area contributed by atoms with E-state index in [1.54, 1.807) is 6.07 Å². The fraction of sp³-hybridized carbons (Fsp3) is 0.385. The molecule has 0 unspecified atom stereocenters. The summed E-state index contributed by atoms with van der Waals surface area (Å²) in [4.78, 5) is 22.7. The summed E-state index contributed by atoms with van der Waals surface area (Å²) in [6, 6.07) is 4.02. The van der Waals surface area contributed by atoms with Crippen molar-refractivity contribution in [3.63, 3.8) is 0 Å². The van der Waals surface area contributed by atoms with E-state index in [0.717, 1.165) is 0 Å². The number of carboxylic acids is 1. The molecule has 19 heavy (non-hydrogen) atoms. The zero-order valence-corrected chi connectivity index (χ0v) is 11.2. The van der Waals surface area contributed by atoms with E-state index >= 15 is 0 Å². The lowest BCUT2D eigenvalue weighted by Gasteiger charge is -2.12. The molecule has 0 atom stereocenters. The van der Waals surface area contributed by atoms with Gasteiger partial charge >= 0.3 is 12.0 Å². The summed E-state index contributed by atoms with van der Waals surface area (Å²) in [5, 5.41) is 14.3. The molecular formula is C13H18N2O4. The van der Waals surface area contributed by atoms with E-state index in [4.69, 9.17) is 9.84 Å². The van der Waals surface area contributed by atoms with Gasteiger partial charge in [0.05, 0.1) is 18.4 Å². The van der Waals surface area contributed by atoms with Gasteiger partial charge in [-0.2, -0.15) is 0 Å². The molecule has 0 aliphatic carbocycles. The highest BCUT2D eigenvalue weighted by molar-refractivity contribution is 6.00. The van der Waals surface area contributed by atoms with Crippen molar-refractivity contribution in [3.05, 3.63) is 23.8 Å².